The molecule has 3 N–H and O–H groups in total. The molecule has 89 heavy (non-hydrogen) atoms. The van der Waals surface area contributed by atoms with Gasteiger partial charge in [0.1, 0.15) is 19.3 Å². The number of phosphoric ester groups is 2. The molecule has 0 heterocycles. The number of aliphatic hydroxyl groups excluding tert-OH is 1. The van der Waals surface area contributed by atoms with E-state index < -0.39 is 97.5 Å². The van der Waals surface area contributed by atoms with Crippen molar-refractivity contribution in [3.05, 3.63) is 0 Å². The van der Waals surface area contributed by atoms with Crippen LogP contribution in [0.5, 0.6) is 0 Å². The third kappa shape index (κ3) is 63.2. The fourth-order valence-electron chi connectivity index (χ4n) is 10.5. The third-order valence-electron chi connectivity index (χ3n) is 16.5. The molecular formula is C70H136O17P2. The molecule has 0 aliphatic carbocycles. The van der Waals surface area contributed by atoms with Gasteiger partial charge in [-0.05, 0) is 43.4 Å². The molecule has 6 atom stereocenters. The molecule has 0 aliphatic rings. The molecule has 0 bridgehead atoms. The number of carbonyl (C=O) groups excluding carboxylic acids is 4. The number of ether oxygens (including phenoxy) is 4. The standard InChI is InChI=1S/C70H136O17P2/c1-8-10-11-12-13-14-15-16-17-18-19-20-21-22-23-24-25-26-27-39-46-53-69(74)86-65(57-81-68(73)52-45-38-33-30-36-43-50-63(7)9-2)59-84-88(76,77)82-55-64(71)56-83-89(78,79)85-60-66(87-70(75)54-47-40-32-29-35-42-49-62(5)6)58-80-67(72)51-44-37-31-28-34-41-48-61(3)4/h61-66,71H,8-60H2,1-7H3,(H,76,77)(H,78,79)/t63?,64-,65-,66-/m1/s1. The average molecular weight is 1310 g/mol. The summed E-state index contributed by atoms with van der Waals surface area (Å²) in [5.74, 6) is -0.0572. The smallest absolute Gasteiger partial charge is 0.462 e. The number of hydrogen-bond acceptors (Lipinski definition) is 15. The molecule has 0 aliphatic heterocycles. The highest BCUT2D eigenvalue weighted by atomic mass is 31.2. The normalized spacial score (nSPS) is 14.5. The van der Waals surface area contributed by atoms with Gasteiger partial charge < -0.3 is 33.8 Å². The maximum atomic E-state index is 13.0. The van der Waals surface area contributed by atoms with Gasteiger partial charge >= 0.3 is 39.5 Å². The molecule has 528 valence electrons. The molecule has 0 aromatic rings. The Morgan fingerprint density at radius 2 is 0.573 bits per heavy atom. The number of unbranched alkanes of at least 4 members (excludes halogenated alkanes) is 35. The van der Waals surface area contributed by atoms with E-state index in [-0.39, 0.29) is 25.7 Å². The monoisotopic (exact) mass is 1310 g/mol. The van der Waals surface area contributed by atoms with E-state index in [1.165, 1.54) is 148 Å². The molecule has 17 nitrogen and oxygen atoms in total. The average Bonchev–Trinajstić information content (AvgIpc) is 3.70. The highest BCUT2D eigenvalue weighted by Crippen LogP contribution is 2.45. The van der Waals surface area contributed by atoms with Crippen molar-refractivity contribution in [1.82, 2.24) is 0 Å². The van der Waals surface area contributed by atoms with Crippen LogP contribution in [0.4, 0.5) is 0 Å². The van der Waals surface area contributed by atoms with E-state index in [0.717, 1.165) is 109 Å². The summed E-state index contributed by atoms with van der Waals surface area (Å²) in [7, 11) is -9.90. The van der Waals surface area contributed by atoms with Gasteiger partial charge in [0.25, 0.3) is 0 Å². The van der Waals surface area contributed by atoms with Gasteiger partial charge in [0.2, 0.25) is 0 Å². The number of rotatable bonds is 68. The van der Waals surface area contributed by atoms with Crippen LogP contribution >= 0.6 is 15.6 Å². The number of phosphoric acid groups is 2. The van der Waals surface area contributed by atoms with E-state index in [1.807, 2.05) is 0 Å². The van der Waals surface area contributed by atoms with Crippen LogP contribution in [0.1, 0.15) is 350 Å². The zero-order valence-electron chi connectivity index (χ0n) is 57.9. The van der Waals surface area contributed by atoms with Crippen molar-refractivity contribution in [1.29, 1.82) is 0 Å². The van der Waals surface area contributed by atoms with Crippen molar-refractivity contribution in [2.24, 2.45) is 17.8 Å². The molecule has 0 amide bonds. The molecule has 0 rings (SSSR count). The van der Waals surface area contributed by atoms with E-state index in [1.54, 1.807) is 0 Å². The quantitative estimate of drug-likeness (QED) is 0.0222. The van der Waals surface area contributed by atoms with Crippen LogP contribution in [0, 0.1) is 17.8 Å². The van der Waals surface area contributed by atoms with Crippen LogP contribution in [-0.4, -0.2) is 96.7 Å². The Morgan fingerprint density at radius 1 is 0.326 bits per heavy atom. The summed E-state index contributed by atoms with van der Waals surface area (Å²) < 4.78 is 68.1. The minimum Gasteiger partial charge on any atom is -0.462 e. The van der Waals surface area contributed by atoms with E-state index in [9.17, 15) is 43.2 Å². The molecule has 0 spiro atoms. The summed E-state index contributed by atoms with van der Waals surface area (Å²) in [6.45, 7) is 11.6. The lowest BCUT2D eigenvalue weighted by Crippen LogP contribution is -2.30. The van der Waals surface area contributed by atoms with Gasteiger partial charge in [0, 0.05) is 25.7 Å². The fraction of sp³-hybridized carbons (Fsp3) is 0.943. The Morgan fingerprint density at radius 3 is 0.854 bits per heavy atom. The van der Waals surface area contributed by atoms with E-state index in [0.29, 0.717) is 37.5 Å². The summed E-state index contributed by atoms with van der Waals surface area (Å²) in [5, 5.41) is 10.6. The summed E-state index contributed by atoms with van der Waals surface area (Å²) in [5.41, 5.74) is 0. The highest BCUT2D eigenvalue weighted by Gasteiger charge is 2.30. The second-order valence-corrected chi connectivity index (χ2v) is 29.4. The first-order valence-electron chi connectivity index (χ1n) is 36.4. The molecular weight excluding hydrogens is 1170 g/mol. The third-order valence-corrected chi connectivity index (χ3v) is 18.4. The lowest BCUT2D eigenvalue weighted by molar-refractivity contribution is -0.161. The minimum atomic E-state index is -4.95. The van der Waals surface area contributed by atoms with Crippen LogP contribution in [0.15, 0.2) is 0 Å². The first-order chi connectivity index (χ1) is 42.8. The fourth-order valence-corrected chi connectivity index (χ4v) is 12.1. The van der Waals surface area contributed by atoms with Crippen LogP contribution in [0.25, 0.3) is 0 Å². The Balaban J connectivity index is 5.14. The van der Waals surface area contributed by atoms with Crippen molar-refractivity contribution in [3.8, 4) is 0 Å². The number of aliphatic hydroxyl groups is 1. The van der Waals surface area contributed by atoms with Crippen LogP contribution in [0.2, 0.25) is 0 Å². The maximum absolute atomic E-state index is 13.0. The summed E-state index contributed by atoms with van der Waals surface area (Å²) in [6, 6.07) is 0. The zero-order chi connectivity index (χ0) is 65.9. The zero-order valence-corrected chi connectivity index (χ0v) is 59.7. The molecule has 0 radical (unpaired) electrons. The summed E-state index contributed by atoms with van der Waals surface area (Å²) in [4.78, 5) is 72.4. The predicted octanol–water partition coefficient (Wildman–Crippen LogP) is 19.8. The second-order valence-electron chi connectivity index (χ2n) is 26.5. The molecule has 0 saturated carbocycles. The van der Waals surface area contributed by atoms with E-state index in [4.69, 9.17) is 37.0 Å². The number of carbonyl (C=O) groups is 4. The van der Waals surface area contributed by atoms with Gasteiger partial charge in [-0.15, -0.1) is 0 Å². The first kappa shape index (κ1) is 87.1. The van der Waals surface area contributed by atoms with E-state index in [2.05, 4.69) is 48.5 Å². The van der Waals surface area contributed by atoms with Crippen molar-refractivity contribution in [2.45, 2.75) is 369 Å². The van der Waals surface area contributed by atoms with Gasteiger partial charge in [0.05, 0.1) is 26.4 Å². The lowest BCUT2D eigenvalue weighted by atomic mass is 10.00. The van der Waals surface area contributed by atoms with Crippen LogP contribution in [-0.2, 0) is 65.4 Å². The van der Waals surface area contributed by atoms with Crippen molar-refractivity contribution in [3.63, 3.8) is 0 Å². The van der Waals surface area contributed by atoms with Crippen LogP contribution in [0.3, 0.4) is 0 Å². The second kappa shape index (κ2) is 61.0. The number of esters is 4. The molecule has 0 aromatic heterocycles. The molecule has 19 heteroatoms. The Hall–Kier alpha value is -1.94. The van der Waals surface area contributed by atoms with E-state index >= 15 is 0 Å². The molecule has 0 saturated heterocycles. The predicted molar refractivity (Wildman–Crippen MR) is 358 cm³/mol. The summed E-state index contributed by atoms with van der Waals surface area (Å²) in [6.07, 6.45) is 45.1. The van der Waals surface area contributed by atoms with Gasteiger partial charge in [-0.3, -0.25) is 37.3 Å². The number of hydrogen-bond donors (Lipinski definition) is 3. The van der Waals surface area contributed by atoms with Gasteiger partial charge in [-0.2, -0.15) is 0 Å². The van der Waals surface area contributed by atoms with Gasteiger partial charge in [-0.1, -0.05) is 299 Å². The minimum absolute atomic E-state index is 0.101. The highest BCUT2D eigenvalue weighted by molar-refractivity contribution is 7.47. The Kier molecular flexibility index (Phi) is 59.6. The molecule has 0 aromatic carbocycles. The summed E-state index contributed by atoms with van der Waals surface area (Å²) >= 11 is 0. The molecule has 0 fully saturated rings. The SMILES string of the molecule is CCCCCCCCCCCCCCCCCCCCCCCC(=O)O[C@H](COC(=O)CCCCCCCCC(C)CC)COP(=O)(O)OC[C@@H](O)COP(=O)(O)OC[C@@H](COC(=O)CCCCCCCCC(C)C)OC(=O)CCCCCCCCC(C)C. The van der Waals surface area contributed by atoms with Gasteiger partial charge in [-0.25, -0.2) is 9.13 Å². The molecule has 3 unspecified atom stereocenters. The van der Waals surface area contributed by atoms with Crippen LogP contribution < -0.4 is 0 Å². The maximum Gasteiger partial charge on any atom is 0.472 e. The van der Waals surface area contributed by atoms with Gasteiger partial charge in [0.15, 0.2) is 12.2 Å². The topological polar surface area (TPSA) is 237 Å². The first-order valence-corrected chi connectivity index (χ1v) is 39.4. The Bertz CT molecular complexity index is 1750. The Labute approximate surface area is 543 Å². The largest absolute Gasteiger partial charge is 0.472 e. The lowest BCUT2D eigenvalue weighted by Gasteiger charge is -2.21. The van der Waals surface area contributed by atoms with Crippen molar-refractivity contribution in [2.75, 3.05) is 39.6 Å². The van der Waals surface area contributed by atoms with Crippen molar-refractivity contribution < 1.29 is 80.2 Å². The van der Waals surface area contributed by atoms with Crippen molar-refractivity contribution >= 4 is 39.5 Å².